The number of nitrogens with zero attached hydrogens (tertiary/aromatic N) is 1. The third-order valence-electron chi connectivity index (χ3n) is 0.938. The first-order valence-electron chi connectivity index (χ1n) is 2.48. The first-order chi connectivity index (χ1) is 4.26. The van der Waals surface area contributed by atoms with Crippen LogP contribution >= 0.6 is 12.6 Å². The highest BCUT2D eigenvalue weighted by atomic mass is 32.1. The van der Waals surface area contributed by atoms with Gasteiger partial charge in [0.05, 0.1) is 0 Å². The van der Waals surface area contributed by atoms with Crippen molar-refractivity contribution in [3.8, 4) is 0 Å². The SMILES string of the molecule is C=CN(N)[C@H](C=O)CS. The lowest BCUT2D eigenvalue weighted by atomic mass is 10.4. The molecular formula is C5H10N2OS. The Bertz CT molecular complexity index is 107. The number of thiol groups is 1. The van der Waals surface area contributed by atoms with Crippen molar-refractivity contribution < 1.29 is 4.79 Å². The van der Waals surface area contributed by atoms with Crippen LogP contribution in [0, 0.1) is 0 Å². The van der Waals surface area contributed by atoms with E-state index in [1.165, 1.54) is 11.2 Å². The van der Waals surface area contributed by atoms with Crippen molar-refractivity contribution >= 4 is 18.9 Å². The van der Waals surface area contributed by atoms with Crippen LogP contribution in [-0.4, -0.2) is 23.1 Å². The van der Waals surface area contributed by atoms with Gasteiger partial charge < -0.3 is 9.80 Å². The number of hydrogen-bond acceptors (Lipinski definition) is 4. The van der Waals surface area contributed by atoms with Gasteiger partial charge in [-0.3, -0.25) is 0 Å². The standard InChI is InChI=1S/C5H10N2OS/c1-2-7(6)5(3-8)4-9/h2-3,5,9H,1,4,6H2/t5-/m1/s1. The average Bonchev–Trinajstić information content (AvgIpc) is 1.90. The second-order valence-corrected chi connectivity index (χ2v) is 1.88. The van der Waals surface area contributed by atoms with Gasteiger partial charge in [-0.2, -0.15) is 12.6 Å². The topological polar surface area (TPSA) is 46.3 Å². The number of nitrogens with two attached hydrogens (primary N) is 1. The highest BCUT2D eigenvalue weighted by Gasteiger charge is 2.06. The Labute approximate surface area is 59.9 Å². The van der Waals surface area contributed by atoms with Crippen LogP contribution in [-0.2, 0) is 4.79 Å². The Kier molecular flexibility index (Phi) is 4.17. The monoisotopic (exact) mass is 146 g/mol. The lowest BCUT2D eigenvalue weighted by Crippen LogP contribution is -2.38. The predicted octanol–water partition coefficient (Wildman–Crippen LogP) is -0.197. The van der Waals surface area contributed by atoms with E-state index in [1.54, 1.807) is 0 Å². The van der Waals surface area contributed by atoms with Gasteiger partial charge in [-0.15, -0.1) is 0 Å². The van der Waals surface area contributed by atoms with Crippen LogP contribution in [0.25, 0.3) is 0 Å². The van der Waals surface area contributed by atoms with Crippen LogP contribution in [0.4, 0.5) is 0 Å². The molecule has 0 amide bonds. The highest BCUT2D eigenvalue weighted by molar-refractivity contribution is 7.80. The molecule has 0 saturated carbocycles. The Morgan fingerprint density at radius 2 is 2.44 bits per heavy atom. The molecule has 0 aliphatic rings. The molecule has 0 aliphatic heterocycles. The molecule has 52 valence electrons. The molecule has 4 heteroatoms. The number of hydrogen-bond donors (Lipinski definition) is 2. The quantitative estimate of drug-likeness (QED) is 0.250. The van der Waals surface area contributed by atoms with E-state index in [9.17, 15) is 4.79 Å². The molecular weight excluding hydrogens is 136 g/mol. The number of hydrazine groups is 1. The number of carbonyl (C=O) groups excluding carboxylic acids is 1. The molecule has 3 nitrogen and oxygen atoms in total. The molecule has 0 rings (SSSR count). The fourth-order valence-electron chi connectivity index (χ4n) is 0.343. The summed E-state index contributed by atoms with van der Waals surface area (Å²) >= 11 is 3.89. The predicted molar refractivity (Wildman–Crippen MR) is 39.9 cm³/mol. The van der Waals surface area contributed by atoms with E-state index in [0.717, 1.165) is 6.29 Å². The molecule has 0 unspecified atom stereocenters. The lowest BCUT2D eigenvalue weighted by molar-refractivity contribution is -0.111. The summed E-state index contributed by atoms with van der Waals surface area (Å²) in [5.74, 6) is 5.68. The van der Waals surface area contributed by atoms with E-state index in [4.69, 9.17) is 5.84 Å². The third kappa shape index (κ3) is 2.53. The van der Waals surface area contributed by atoms with E-state index < -0.39 is 0 Å². The summed E-state index contributed by atoms with van der Waals surface area (Å²) in [6, 6.07) is -0.356. The van der Waals surface area contributed by atoms with Crippen LogP contribution in [0.2, 0.25) is 0 Å². The maximum absolute atomic E-state index is 10.1. The number of carbonyl (C=O) groups is 1. The van der Waals surface area contributed by atoms with E-state index in [0.29, 0.717) is 5.75 Å². The van der Waals surface area contributed by atoms with Gasteiger partial charge in [0.1, 0.15) is 12.3 Å². The summed E-state index contributed by atoms with van der Waals surface area (Å²) < 4.78 is 0. The Hall–Kier alpha value is -0.480. The van der Waals surface area contributed by atoms with Crippen LogP contribution in [0.1, 0.15) is 0 Å². The lowest BCUT2D eigenvalue weighted by Gasteiger charge is -2.17. The van der Waals surface area contributed by atoms with Gasteiger partial charge in [0.2, 0.25) is 0 Å². The third-order valence-corrected chi connectivity index (χ3v) is 1.31. The summed E-state index contributed by atoms with van der Waals surface area (Å²) in [5.41, 5.74) is 0. The Morgan fingerprint density at radius 3 is 2.56 bits per heavy atom. The van der Waals surface area contributed by atoms with Crippen LogP contribution in [0.15, 0.2) is 12.8 Å². The van der Waals surface area contributed by atoms with Crippen molar-refractivity contribution in [2.24, 2.45) is 5.84 Å². The van der Waals surface area contributed by atoms with E-state index >= 15 is 0 Å². The van der Waals surface area contributed by atoms with Gasteiger partial charge in [0.25, 0.3) is 0 Å². The molecule has 0 fully saturated rings. The Balaban J connectivity index is 3.77. The fraction of sp³-hybridized carbons (Fsp3) is 0.400. The van der Waals surface area contributed by atoms with Gasteiger partial charge in [-0.1, -0.05) is 6.58 Å². The van der Waals surface area contributed by atoms with Crippen molar-refractivity contribution in [2.75, 3.05) is 5.75 Å². The molecule has 0 bridgehead atoms. The van der Waals surface area contributed by atoms with Crippen molar-refractivity contribution in [1.82, 2.24) is 5.01 Å². The highest BCUT2D eigenvalue weighted by Crippen LogP contribution is 1.91. The zero-order valence-corrected chi connectivity index (χ0v) is 5.92. The minimum atomic E-state index is -0.356. The first kappa shape index (κ1) is 8.52. The van der Waals surface area contributed by atoms with E-state index in [1.807, 2.05) is 0 Å². The molecule has 0 radical (unpaired) electrons. The molecule has 0 heterocycles. The zero-order valence-electron chi connectivity index (χ0n) is 5.03. The number of aldehydes is 1. The molecule has 0 aromatic heterocycles. The summed E-state index contributed by atoms with van der Waals surface area (Å²) in [7, 11) is 0. The second kappa shape index (κ2) is 4.40. The summed E-state index contributed by atoms with van der Waals surface area (Å²) in [5, 5.41) is 1.22. The maximum Gasteiger partial charge on any atom is 0.144 e. The van der Waals surface area contributed by atoms with Gasteiger partial charge in [0.15, 0.2) is 0 Å². The van der Waals surface area contributed by atoms with Crippen LogP contribution < -0.4 is 5.84 Å². The molecule has 0 spiro atoms. The van der Waals surface area contributed by atoms with Gasteiger partial charge in [0, 0.05) is 12.0 Å². The average molecular weight is 146 g/mol. The summed E-state index contributed by atoms with van der Waals surface area (Å²) in [6.45, 7) is 3.39. The van der Waals surface area contributed by atoms with Gasteiger partial charge >= 0.3 is 0 Å². The van der Waals surface area contributed by atoms with Crippen molar-refractivity contribution in [3.63, 3.8) is 0 Å². The van der Waals surface area contributed by atoms with Gasteiger partial charge in [-0.05, 0) is 0 Å². The van der Waals surface area contributed by atoms with Gasteiger partial charge in [-0.25, -0.2) is 5.84 Å². The fourth-order valence-corrected chi connectivity index (χ4v) is 0.618. The molecule has 0 aliphatic carbocycles. The van der Waals surface area contributed by atoms with Crippen LogP contribution in [0.5, 0.6) is 0 Å². The zero-order chi connectivity index (χ0) is 7.28. The molecule has 1 atom stereocenters. The molecule has 9 heavy (non-hydrogen) atoms. The Morgan fingerprint density at radius 1 is 1.89 bits per heavy atom. The smallest absolute Gasteiger partial charge is 0.144 e. The summed E-state index contributed by atoms with van der Waals surface area (Å²) in [6.07, 6.45) is 2.12. The molecule has 0 saturated heterocycles. The maximum atomic E-state index is 10.1. The van der Waals surface area contributed by atoms with E-state index in [-0.39, 0.29) is 6.04 Å². The van der Waals surface area contributed by atoms with Crippen LogP contribution in [0.3, 0.4) is 0 Å². The largest absolute Gasteiger partial charge is 0.308 e. The second-order valence-electron chi connectivity index (χ2n) is 1.52. The van der Waals surface area contributed by atoms with Crippen molar-refractivity contribution in [3.05, 3.63) is 12.8 Å². The number of rotatable bonds is 4. The minimum absolute atomic E-state index is 0.356. The normalized spacial score (nSPS) is 12.2. The molecule has 0 aromatic carbocycles. The minimum Gasteiger partial charge on any atom is -0.308 e. The summed E-state index contributed by atoms with van der Waals surface area (Å²) in [4.78, 5) is 10.1. The molecule has 2 N–H and O–H groups in total. The van der Waals surface area contributed by atoms with Crippen molar-refractivity contribution in [1.29, 1.82) is 0 Å². The molecule has 0 aromatic rings. The first-order valence-corrected chi connectivity index (χ1v) is 3.11. The van der Waals surface area contributed by atoms with E-state index in [2.05, 4.69) is 19.2 Å². The van der Waals surface area contributed by atoms with Crippen molar-refractivity contribution in [2.45, 2.75) is 6.04 Å².